The number of thioether (sulfide) groups is 1. The molecule has 0 saturated carbocycles. The van der Waals surface area contributed by atoms with Crippen molar-refractivity contribution < 1.29 is 4.74 Å². The molecule has 2 rings (SSSR count). The molecule has 108 valence electrons. The number of nitrogens with zero attached hydrogens (tertiary/aromatic N) is 3. The van der Waals surface area contributed by atoms with Gasteiger partial charge in [-0.3, -0.25) is 0 Å². The van der Waals surface area contributed by atoms with E-state index in [9.17, 15) is 0 Å². The van der Waals surface area contributed by atoms with Crippen LogP contribution in [0.25, 0.3) is 0 Å². The van der Waals surface area contributed by atoms with E-state index in [2.05, 4.69) is 4.99 Å². The van der Waals surface area contributed by atoms with Gasteiger partial charge in [0.15, 0.2) is 5.92 Å². The van der Waals surface area contributed by atoms with Crippen molar-refractivity contribution in [2.75, 3.05) is 6.26 Å². The zero-order valence-corrected chi connectivity index (χ0v) is 12.7. The first-order chi connectivity index (χ1) is 10.8. The summed E-state index contributed by atoms with van der Waals surface area (Å²) in [4.78, 5) is 4.35. The maximum absolute atomic E-state index is 8.93. The molecular formula is C17H13N3OS. The highest BCUT2D eigenvalue weighted by atomic mass is 32.2. The molecule has 0 bridgehead atoms. The quantitative estimate of drug-likeness (QED) is 0.614. The lowest BCUT2D eigenvalue weighted by Gasteiger charge is -2.06. The molecule has 0 aromatic heterocycles. The number of para-hydroxylation sites is 1. The summed E-state index contributed by atoms with van der Waals surface area (Å²) in [6.07, 6.45) is 1.80. The molecule has 4 nitrogen and oxygen atoms in total. The summed E-state index contributed by atoms with van der Waals surface area (Å²) in [5.41, 5.74) is 0.681. The second kappa shape index (κ2) is 7.87. The van der Waals surface area contributed by atoms with E-state index < -0.39 is 5.92 Å². The first kappa shape index (κ1) is 15.6. The van der Waals surface area contributed by atoms with Gasteiger partial charge in [-0.25, -0.2) is 4.99 Å². The van der Waals surface area contributed by atoms with Gasteiger partial charge in [0.05, 0.1) is 17.8 Å². The van der Waals surface area contributed by atoms with Gasteiger partial charge in [-0.2, -0.15) is 10.5 Å². The molecule has 2 aromatic rings. The van der Waals surface area contributed by atoms with Gasteiger partial charge in [0.2, 0.25) is 0 Å². The summed E-state index contributed by atoms with van der Waals surface area (Å²) in [7, 11) is 0. The zero-order valence-electron chi connectivity index (χ0n) is 11.9. The number of hydrogen-bond acceptors (Lipinski definition) is 5. The molecule has 0 saturated heterocycles. The first-order valence-corrected chi connectivity index (χ1v) is 7.74. The third-order valence-corrected chi connectivity index (χ3v) is 3.51. The molecule has 0 spiro atoms. The van der Waals surface area contributed by atoms with Crippen LogP contribution in [0.2, 0.25) is 0 Å². The number of hydrogen-bond donors (Lipinski definition) is 0. The molecule has 22 heavy (non-hydrogen) atoms. The van der Waals surface area contributed by atoms with Gasteiger partial charge in [-0.1, -0.05) is 18.2 Å². The second-order valence-electron chi connectivity index (χ2n) is 4.25. The molecule has 0 aliphatic carbocycles. The van der Waals surface area contributed by atoms with Gasteiger partial charge >= 0.3 is 0 Å². The smallest absolute Gasteiger partial charge is 0.181 e. The minimum absolute atomic E-state index is 0.488. The van der Waals surface area contributed by atoms with Crippen LogP contribution in [0.1, 0.15) is 0 Å². The highest BCUT2D eigenvalue weighted by Crippen LogP contribution is 2.25. The average Bonchev–Trinajstić information content (AvgIpc) is 2.57. The molecule has 0 aliphatic heterocycles. The number of ether oxygens (including phenoxy) is 1. The molecule has 0 fully saturated rings. The van der Waals surface area contributed by atoms with Gasteiger partial charge in [-0.05, 0) is 42.7 Å². The Morgan fingerprint density at radius 2 is 1.59 bits per heavy atom. The highest BCUT2D eigenvalue weighted by Gasteiger charge is 2.13. The fourth-order valence-electron chi connectivity index (χ4n) is 1.71. The number of nitriles is 2. The highest BCUT2D eigenvalue weighted by molar-refractivity contribution is 8.13. The van der Waals surface area contributed by atoms with Crippen LogP contribution in [0.3, 0.4) is 0 Å². The molecule has 0 amide bonds. The molecule has 0 radical (unpaired) electrons. The summed E-state index contributed by atoms with van der Waals surface area (Å²) in [6, 6.07) is 20.5. The van der Waals surface area contributed by atoms with Crippen LogP contribution in [-0.4, -0.2) is 11.3 Å². The van der Waals surface area contributed by atoms with Crippen LogP contribution in [0, 0.1) is 28.6 Å². The standard InChI is InChI=1S/C17H13N3OS/c1-22-17(13(11-18)12-19)20-14-7-9-16(10-8-14)21-15-5-3-2-4-6-15/h2-10,13H,1H3. The van der Waals surface area contributed by atoms with Crippen LogP contribution >= 0.6 is 11.8 Å². The lowest BCUT2D eigenvalue weighted by molar-refractivity contribution is 0.483. The fourth-order valence-corrected chi connectivity index (χ4v) is 2.25. The van der Waals surface area contributed by atoms with E-state index in [0.29, 0.717) is 16.5 Å². The van der Waals surface area contributed by atoms with E-state index in [-0.39, 0.29) is 0 Å². The molecule has 2 aromatic carbocycles. The van der Waals surface area contributed by atoms with E-state index in [1.54, 1.807) is 30.5 Å². The molecule has 0 unspecified atom stereocenters. The van der Waals surface area contributed by atoms with E-state index >= 15 is 0 Å². The number of rotatable bonds is 4. The number of benzene rings is 2. The summed E-state index contributed by atoms with van der Waals surface area (Å²) in [5, 5.41) is 18.3. The van der Waals surface area contributed by atoms with Gasteiger partial charge in [0, 0.05) is 0 Å². The van der Waals surface area contributed by atoms with Crippen molar-refractivity contribution in [3.8, 4) is 23.6 Å². The normalized spacial score (nSPS) is 10.8. The van der Waals surface area contributed by atoms with Crippen molar-refractivity contribution in [2.45, 2.75) is 0 Å². The maximum atomic E-state index is 8.93. The Morgan fingerprint density at radius 3 is 2.14 bits per heavy atom. The van der Waals surface area contributed by atoms with Gasteiger partial charge in [0.25, 0.3) is 0 Å². The maximum Gasteiger partial charge on any atom is 0.181 e. The summed E-state index contributed by atoms with van der Waals surface area (Å²) >= 11 is 1.30. The van der Waals surface area contributed by atoms with Crippen molar-refractivity contribution in [1.82, 2.24) is 0 Å². The topological polar surface area (TPSA) is 69.2 Å². The SMILES string of the molecule is CSC(=Nc1ccc(Oc2ccccc2)cc1)C(C#N)C#N. The van der Waals surface area contributed by atoms with E-state index in [1.807, 2.05) is 42.5 Å². The van der Waals surface area contributed by atoms with Crippen molar-refractivity contribution in [1.29, 1.82) is 10.5 Å². The van der Waals surface area contributed by atoms with Crippen molar-refractivity contribution in [2.24, 2.45) is 10.9 Å². The zero-order chi connectivity index (χ0) is 15.8. The Balaban J connectivity index is 2.15. The minimum atomic E-state index is -0.838. The van der Waals surface area contributed by atoms with Gasteiger partial charge in [-0.15, -0.1) is 11.8 Å². The van der Waals surface area contributed by atoms with Crippen molar-refractivity contribution in [3.63, 3.8) is 0 Å². The Morgan fingerprint density at radius 1 is 1.00 bits per heavy atom. The van der Waals surface area contributed by atoms with Crippen LogP contribution in [0.4, 0.5) is 5.69 Å². The van der Waals surface area contributed by atoms with Crippen LogP contribution in [0.15, 0.2) is 59.6 Å². The summed E-state index contributed by atoms with van der Waals surface area (Å²) in [6.45, 7) is 0. The van der Waals surface area contributed by atoms with Gasteiger partial charge < -0.3 is 4.74 Å². The third-order valence-electron chi connectivity index (χ3n) is 2.77. The molecule has 0 atom stereocenters. The largest absolute Gasteiger partial charge is 0.457 e. The Labute approximate surface area is 133 Å². The fraction of sp³-hybridized carbons (Fsp3) is 0.118. The molecule has 5 heteroatoms. The molecular weight excluding hydrogens is 294 g/mol. The molecule has 0 N–H and O–H groups in total. The lowest BCUT2D eigenvalue weighted by Crippen LogP contribution is -2.05. The predicted octanol–water partition coefficient (Wildman–Crippen LogP) is 4.54. The lowest BCUT2D eigenvalue weighted by atomic mass is 10.2. The predicted molar refractivity (Wildman–Crippen MR) is 88.3 cm³/mol. The Bertz CT molecular complexity index is 713. The number of aliphatic imine (C=N–C) groups is 1. The van der Waals surface area contributed by atoms with Crippen molar-refractivity contribution >= 4 is 22.5 Å². The van der Waals surface area contributed by atoms with E-state index in [4.69, 9.17) is 15.3 Å². The first-order valence-electron chi connectivity index (χ1n) is 6.51. The van der Waals surface area contributed by atoms with Crippen LogP contribution < -0.4 is 4.74 Å². The van der Waals surface area contributed by atoms with Crippen LogP contribution in [-0.2, 0) is 0 Å². The summed E-state index contributed by atoms with van der Waals surface area (Å²) < 4.78 is 5.70. The van der Waals surface area contributed by atoms with E-state index in [0.717, 1.165) is 5.75 Å². The Kier molecular flexibility index (Phi) is 5.59. The van der Waals surface area contributed by atoms with Crippen LogP contribution in [0.5, 0.6) is 11.5 Å². The van der Waals surface area contributed by atoms with Crippen molar-refractivity contribution in [3.05, 3.63) is 54.6 Å². The minimum Gasteiger partial charge on any atom is -0.457 e. The molecule has 0 heterocycles. The third kappa shape index (κ3) is 4.12. The Hall–Kier alpha value is -2.76. The molecule has 0 aliphatic rings. The van der Waals surface area contributed by atoms with Gasteiger partial charge in [0.1, 0.15) is 16.5 Å². The summed E-state index contributed by atoms with van der Waals surface area (Å²) in [5.74, 6) is 0.626. The monoisotopic (exact) mass is 307 g/mol. The average molecular weight is 307 g/mol. The second-order valence-corrected chi connectivity index (χ2v) is 5.08. The van der Waals surface area contributed by atoms with E-state index in [1.165, 1.54) is 11.8 Å².